The monoisotopic (exact) mass is 239 g/mol. The van der Waals surface area contributed by atoms with E-state index in [4.69, 9.17) is 0 Å². The lowest BCUT2D eigenvalue weighted by Crippen LogP contribution is -2.24. The Bertz CT molecular complexity index is 267. The van der Waals surface area contributed by atoms with E-state index in [0.717, 1.165) is 37.8 Å². The average molecular weight is 239 g/mol. The van der Waals surface area contributed by atoms with Crippen LogP contribution in [0.5, 0.6) is 0 Å². The molecule has 3 heteroatoms. The lowest BCUT2D eigenvalue weighted by molar-refractivity contribution is -0.139. The van der Waals surface area contributed by atoms with Crippen LogP contribution in [0.15, 0.2) is 4.99 Å². The standard InChI is InChI=1S/C14H25NO2/c1-3-4-10-13(14(16)17)11(2)15-12-8-6-5-7-9-12/h12-13H,3-10H2,1-2H3,(H,16,17)/b15-11-. The molecule has 0 aromatic rings. The Balaban J connectivity index is 2.58. The van der Waals surface area contributed by atoms with Gasteiger partial charge in [-0.15, -0.1) is 0 Å². The summed E-state index contributed by atoms with van der Waals surface area (Å²) in [6, 6.07) is 0.382. The van der Waals surface area contributed by atoms with Crippen molar-refractivity contribution in [1.82, 2.24) is 0 Å². The molecule has 0 heterocycles. The molecule has 1 atom stereocenters. The molecule has 1 rings (SSSR count). The van der Waals surface area contributed by atoms with Crippen molar-refractivity contribution in [1.29, 1.82) is 0 Å². The van der Waals surface area contributed by atoms with Crippen molar-refractivity contribution in [3.63, 3.8) is 0 Å². The summed E-state index contributed by atoms with van der Waals surface area (Å²) in [4.78, 5) is 15.9. The third-order valence-electron chi connectivity index (χ3n) is 3.61. The molecular weight excluding hydrogens is 214 g/mol. The van der Waals surface area contributed by atoms with Crippen molar-refractivity contribution in [2.75, 3.05) is 0 Å². The summed E-state index contributed by atoms with van der Waals surface area (Å²) in [7, 11) is 0. The van der Waals surface area contributed by atoms with Crippen LogP contribution in [-0.2, 0) is 4.79 Å². The number of nitrogens with zero attached hydrogens (tertiary/aromatic N) is 1. The molecule has 3 nitrogen and oxygen atoms in total. The molecular formula is C14H25NO2. The van der Waals surface area contributed by atoms with Crippen molar-refractivity contribution in [2.45, 2.75) is 71.3 Å². The van der Waals surface area contributed by atoms with E-state index in [1.165, 1.54) is 19.3 Å². The normalized spacial score (nSPS) is 20.2. The van der Waals surface area contributed by atoms with Crippen LogP contribution in [0.2, 0.25) is 0 Å². The van der Waals surface area contributed by atoms with E-state index < -0.39 is 5.97 Å². The SMILES string of the molecule is CCCCC(C(=O)O)/C(C)=N\C1CCCCC1. The van der Waals surface area contributed by atoms with E-state index in [1.54, 1.807) is 0 Å². The number of carboxylic acids is 1. The Morgan fingerprint density at radius 3 is 2.53 bits per heavy atom. The zero-order chi connectivity index (χ0) is 12.7. The fourth-order valence-electron chi connectivity index (χ4n) is 2.51. The number of hydrogen-bond acceptors (Lipinski definition) is 2. The molecule has 0 aromatic carbocycles. The summed E-state index contributed by atoms with van der Waals surface area (Å²) in [6.45, 7) is 3.98. The highest BCUT2D eigenvalue weighted by atomic mass is 16.4. The van der Waals surface area contributed by atoms with Crippen LogP contribution in [0, 0.1) is 5.92 Å². The van der Waals surface area contributed by atoms with Gasteiger partial charge in [0.15, 0.2) is 0 Å². The van der Waals surface area contributed by atoms with Crippen LogP contribution < -0.4 is 0 Å². The molecule has 17 heavy (non-hydrogen) atoms. The second-order valence-electron chi connectivity index (χ2n) is 5.10. The first-order valence-electron chi connectivity index (χ1n) is 6.92. The molecule has 0 spiro atoms. The minimum Gasteiger partial charge on any atom is -0.481 e. The van der Waals surface area contributed by atoms with Gasteiger partial charge in [-0.3, -0.25) is 9.79 Å². The van der Waals surface area contributed by atoms with E-state index in [1.807, 2.05) is 6.92 Å². The Kier molecular flexibility index (Phi) is 6.23. The number of aliphatic imine (C=N–C) groups is 1. The van der Waals surface area contributed by atoms with Crippen molar-refractivity contribution >= 4 is 11.7 Å². The summed E-state index contributed by atoms with van der Waals surface area (Å²) in [5.41, 5.74) is 0.831. The fraction of sp³-hybridized carbons (Fsp3) is 0.857. The van der Waals surface area contributed by atoms with Gasteiger partial charge in [0, 0.05) is 11.8 Å². The maximum absolute atomic E-state index is 11.2. The molecule has 0 amide bonds. The van der Waals surface area contributed by atoms with Crippen molar-refractivity contribution in [3.8, 4) is 0 Å². The van der Waals surface area contributed by atoms with Gasteiger partial charge >= 0.3 is 5.97 Å². The van der Waals surface area contributed by atoms with E-state index in [2.05, 4.69) is 11.9 Å². The topological polar surface area (TPSA) is 49.7 Å². The molecule has 0 aromatic heterocycles. The van der Waals surface area contributed by atoms with Crippen LogP contribution >= 0.6 is 0 Å². The number of unbranched alkanes of at least 4 members (excludes halogenated alkanes) is 1. The number of carbonyl (C=O) groups is 1. The number of hydrogen-bond donors (Lipinski definition) is 1. The van der Waals surface area contributed by atoms with Gasteiger partial charge in [0.25, 0.3) is 0 Å². The van der Waals surface area contributed by atoms with E-state index in [0.29, 0.717) is 6.04 Å². The summed E-state index contributed by atoms with van der Waals surface area (Å²) >= 11 is 0. The third kappa shape index (κ3) is 4.88. The molecule has 1 saturated carbocycles. The summed E-state index contributed by atoms with van der Waals surface area (Å²) < 4.78 is 0. The van der Waals surface area contributed by atoms with Gasteiger partial charge in [0.05, 0.1) is 5.92 Å². The molecule has 0 aliphatic heterocycles. The van der Waals surface area contributed by atoms with Crippen LogP contribution in [0.4, 0.5) is 0 Å². The highest BCUT2D eigenvalue weighted by Crippen LogP contribution is 2.22. The van der Waals surface area contributed by atoms with Gasteiger partial charge in [-0.2, -0.15) is 0 Å². The van der Waals surface area contributed by atoms with Gasteiger partial charge in [-0.1, -0.05) is 39.0 Å². The van der Waals surface area contributed by atoms with Gasteiger partial charge in [-0.25, -0.2) is 0 Å². The van der Waals surface area contributed by atoms with Crippen LogP contribution in [0.1, 0.15) is 65.2 Å². The van der Waals surface area contributed by atoms with Crippen LogP contribution in [0.25, 0.3) is 0 Å². The second-order valence-corrected chi connectivity index (χ2v) is 5.10. The average Bonchev–Trinajstić information content (AvgIpc) is 2.30. The molecule has 1 aliphatic carbocycles. The van der Waals surface area contributed by atoms with E-state index in [-0.39, 0.29) is 5.92 Å². The highest BCUT2D eigenvalue weighted by Gasteiger charge is 2.21. The predicted octanol–water partition coefficient (Wildman–Crippen LogP) is 3.67. The minimum atomic E-state index is -0.712. The molecule has 1 N–H and O–H groups in total. The maximum Gasteiger partial charge on any atom is 0.312 e. The second kappa shape index (κ2) is 7.46. The Morgan fingerprint density at radius 1 is 1.35 bits per heavy atom. The van der Waals surface area contributed by atoms with Crippen LogP contribution in [-0.4, -0.2) is 22.8 Å². The molecule has 98 valence electrons. The van der Waals surface area contributed by atoms with Gasteiger partial charge < -0.3 is 5.11 Å². The first-order valence-corrected chi connectivity index (χ1v) is 6.92. The predicted molar refractivity (Wildman–Crippen MR) is 70.6 cm³/mol. The molecule has 1 fully saturated rings. The van der Waals surface area contributed by atoms with Gasteiger partial charge in [0.1, 0.15) is 0 Å². The third-order valence-corrected chi connectivity index (χ3v) is 3.61. The Morgan fingerprint density at radius 2 is 2.00 bits per heavy atom. The Hall–Kier alpha value is -0.860. The largest absolute Gasteiger partial charge is 0.481 e. The zero-order valence-corrected chi connectivity index (χ0v) is 11.1. The lowest BCUT2D eigenvalue weighted by Gasteiger charge is -2.20. The maximum atomic E-state index is 11.2. The van der Waals surface area contributed by atoms with Crippen molar-refractivity contribution in [2.24, 2.45) is 10.9 Å². The molecule has 1 aliphatic rings. The smallest absolute Gasteiger partial charge is 0.312 e. The van der Waals surface area contributed by atoms with E-state index in [9.17, 15) is 9.90 Å². The quantitative estimate of drug-likeness (QED) is 0.719. The van der Waals surface area contributed by atoms with Crippen molar-refractivity contribution < 1.29 is 9.90 Å². The Labute approximate surface area is 104 Å². The summed E-state index contributed by atoms with van der Waals surface area (Å²) in [5, 5.41) is 9.22. The highest BCUT2D eigenvalue weighted by molar-refractivity contribution is 6.00. The number of carboxylic acid groups (broad SMARTS) is 1. The molecule has 0 saturated heterocycles. The fourth-order valence-corrected chi connectivity index (χ4v) is 2.51. The minimum absolute atomic E-state index is 0.364. The summed E-state index contributed by atoms with van der Waals surface area (Å²) in [5.74, 6) is -1.08. The van der Waals surface area contributed by atoms with Gasteiger partial charge in [-0.05, 0) is 26.2 Å². The number of aliphatic carboxylic acids is 1. The first kappa shape index (κ1) is 14.2. The van der Waals surface area contributed by atoms with Crippen LogP contribution in [0.3, 0.4) is 0 Å². The lowest BCUT2D eigenvalue weighted by atomic mass is 9.94. The van der Waals surface area contributed by atoms with Crippen molar-refractivity contribution in [3.05, 3.63) is 0 Å². The molecule has 1 unspecified atom stereocenters. The van der Waals surface area contributed by atoms with E-state index >= 15 is 0 Å². The zero-order valence-electron chi connectivity index (χ0n) is 11.1. The summed E-state index contributed by atoms with van der Waals surface area (Å²) in [6.07, 6.45) is 8.81. The molecule has 0 bridgehead atoms. The number of rotatable bonds is 6. The van der Waals surface area contributed by atoms with Gasteiger partial charge in [0.2, 0.25) is 0 Å². The first-order chi connectivity index (χ1) is 8.15. The molecule has 0 radical (unpaired) electrons.